The predicted octanol–water partition coefficient (Wildman–Crippen LogP) is 1.59. The molecule has 0 saturated carbocycles. The molecule has 0 aliphatic carbocycles. The number of nitrogens with zero attached hydrogens (tertiary/aromatic N) is 2. The highest BCUT2D eigenvalue weighted by Crippen LogP contribution is 2.11. The van der Waals surface area contributed by atoms with Crippen LogP contribution in [-0.4, -0.2) is 59.4 Å². The van der Waals surface area contributed by atoms with E-state index in [1.54, 1.807) is 43.3 Å². The molecule has 0 fully saturated rings. The fraction of sp³-hybridized carbons (Fsp3) is 0.364. The van der Waals surface area contributed by atoms with E-state index in [-0.39, 0.29) is 10.8 Å². The van der Waals surface area contributed by atoms with Crippen molar-refractivity contribution in [2.24, 2.45) is 4.99 Å². The van der Waals surface area contributed by atoms with Gasteiger partial charge in [0.15, 0.2) is 5.96 Å². The van der Waals surface area contributed by atoms with Crippen LogP contribution in [0.5, 0.6) is 0 Å². The molecule has 0 bridgehead atoms. The first-order chi connectivity index (χ1) is 14.8. The molecule has 0 heterocycles. The van der Waals surface area contributed by atoms with Gasteiger partial charge in [0.2, 0.25) is 10.0 Å². The fourth-order valence-electron chi connectivity index (χ4n) is 2.85. The molecule has 0 saturated heterocycles. The number of amides is 1. The van der Waals surface area contributed by atoms with Gasteiger partial charge in [0.1, 0.15) is 0 Å². The smallest absolute Gasteiger partial charge is 0.253 e. The number of hydrogen-bond acceptors (Lipinski definition) is 4. The van der Waals surface area contributed by atoms with E-state index in [0.29, 0.717) is 24.6 Å². The molecule has 3 N–H and O–H groups in total. The molecule has 0 atom stereocenters. The van der Waals surface area contributed by atoms with E-state index in [4.69, 9.17) is 0 Å². The molecule has 2 aromatic carbocycles. The second kappa shape index (κ2) is 11.5. The van der Waals surface area contributed by atoms with Crippen molar-refractivity contribution in [1.82, 2.24) is 20.3 Å². The lowest BCUT2D eigenvalue weighted by Crippen LogP contribution is -2.38. The number of guanidine groups is 1. The number of nitrogens with one attached hydrogen (secondary N) is 3. The van der Waals surface area contributed by atoms with Crippen LogP contribution in [0.3, 0.4) is 0 Å². The largest absolute Gasteiger partial charge is 0.357 e. The minimum atomic E-state index is -3.44. The van der Waals surface area contributed by atoms with E-state index in [2.05, 4.69) is 20.3 Å². The monoisotopic (exact) mass is 445 g/mol. The number of sulfonamides is 1. The van der Waals surface area contributed by atoms with E-state index in [9.17, 15) is 13.2 Å². The average Bonchev–Trinajstić information content (AvgIpc) is 2.77. The second-order valence-electron chi connectivity index (χ2n) is 7.12. The Morgan fingerprint density at radius 3 is 2.35 bits per heavy atom. The maximum Gasteiger partial charge on any atom is 0.253 e. The van der Waals surface area contributed by atoms with Gasteiger partial charge in [-0.2, -0.15) is 0 Å². The van der Waals surface area contributed by atoms with Crippen molar-refractivity contribution in [2.45, 2.75) is 24.8 Å². The zero-order valence-electron chi connectivity index (χ0n) is 18.5. The molecule has 0 radical (unpaired) electrons. The lowest BCUT2D eigenvalue weighted by Gasteiger charge is -2.13. The van der Waals surface area contributed by atoms with Crippen molar-refractivity contribution in [3.63, 3.8) is 0 Å². The van der Waals surface area contributed by atoms with Crippen LogP contribution in [0.25, 0.3) is 0 Å². The van der Waals surface area contributed by atoms with Gasteiger partial charge >= 0.3 is 0 Å². The number of aliphatic imine (C=N–C) groups is 1. The molecule has 8 nitrogen and oxygen atoms in total. The van der Waals surface area contributed by atoms with Crippen LogP contribution in [-0.2, 0) is 23.0 Å². The quantitative estimate of drug-likeness (QED) is 0.402. The lowest BCUT2D eigenvalue weighted by molar-refractivity contribution is 0.0827. The van der Waals surface area contributed by atoms with E-state index < -0.39 is 10.0 Å². The van der Waals surface area contributed by atoms with Crippen LogP contribution in [0, 0.1) is 0 Å². The Balaban J connectivity index is 1.96. The molecule has 31 heavy (non-hydrogen) atoms. The molecule has 0 unspecified atom stereocenters. The highest BCUT2D eigenvalue weighted by atomic mass is 32.2. The summed E-state index contributed by atoms with van der Waals surface area (Å²) in [5.74, 6) is 0.660. The van der Waals surface area contributed by atoms with Crippen molar-refractivity contribution >= 4 is 21.9 Å². The first-order valence-electron chi connectivity index (χ1n) is 10.1. The van der Waals surface area contributed by atoms with Gasteiger partial charge in [0.25, 0.3) is 5.91 Å². The molecule has 2 aromatic rings. The molecular formula is C22H31N5O3S. The van der Waals surface area contributed by atoms with Crippen LogP contribution in [0.15, 0.2) is 58.4 Å². The van der Waals surface area contributed by atoms with Crippen LogP contribution < -0.4 is 15.4 Å². The molecule has 0 aliphatic rings. The Kier molecular flexibility index (Phi) is 9.02. The molecule has 0 aliphatic heterocycles. The van der Waals surface area contributed by atoms with Gasteiger partial charge in [-0.25, -0.2) is 18.1 Å². The van der Waals surface area contributed by atoms with Crippen LogP contribution >= 0.6 is 0 Å². The SMILES string of the molecule is CCNC(=NCc1ccc(S(=O)(=O)NC)cc1)NCCc1cccc(C(=O)N(C)C)c1. The zero-order chi connectivity index (χ0) is 22.9. The lowest BCUT2D eigenvalue weighted by atomic mass is 10.1. The third-order valence-corrected chi connectivity index (χ3v) is 5.98. The number of carbonyl (C=O) groups excluding carboxylic acids is 1. The summed E-state index contributed by atoms with van der Waals surface area (Å²) in [6.07, 6.45) is 0.746. The van der Waals surface area contributed by atoms with Gasteiger partial charge in [-0.3, -0.25) is 4.79 Å². The average molecular weight is 446 g/mol. The third kappa shape index (κ3) is 7.37. The van der Waals surface area contributed by atoms with Crippen molar-refractivity contribution in [1.29, 1.82) is 0 Å². The first kappa shape index (κ1) is 24.4. The third-order valence-electron chi connectivity index (χ3n) is 4.55. The molecular weight excluding hydrogens is 414 g/mol. The Bertz CT molecular complexity index is 1000. The molecule has 0 spiro atoms. The first-order valence-corrected chi connectivity index (χ1v) is 11.6. The normalized spacial score (nSPS) is 11.8. The van der Waals surface area contributed by atoms with Crippen LogP contribution in [0.4, 0.5) is 0 Å². The number of carbonyl (C=O) groups is 1. The van der Waals surface area contributed by atoms with E-state index in [0.717, 1.165) is 24.1 Å². The molecule has 2 rings (SSSR count). The van der Waals surface area contributed by atoms with Gasteiger partial charge in [-0.1, -0.05) is 24.3 Å². The number of benzene rings is 2. The van der Waals surface area contributed by atoms with Gasteiger partial charge in [0.05, 0.1) is 11.4 Å². The maximum absolute atomic E-state index is 12.1. The van der Waals surface area contributed by atoms with Gasteiger partial charge in [0, 0.05) is 32.7 Å². The Hall–Kier alpha value is -2.91. The molecule has 1 amide bonds. The van der Waals surface area contributed by atoms with Crippen molar-refractivity contribution in [2.75, 3.05) is 34.2 Å². The zero-order valence-corrected chi connectivity index (χ0v) is 19.3. The summed E-state index contributed by atoms with van der Waals surface area (Å²) in [6, 6.07) is 14.3. The summed E-state index contributed by atoms with van der Waals surface area (Å²) in [7, 11) is 1.42. The standard InChI is InChI=1S/C22H31N5O3S/c1-5-24-22(26-16-18-9-11-20(12-10-18)31(29,30)23-2)25-14-13-17-7-6-8-19(15-17)21(28)27(3)4/h6-12,15,23H,5,13-14,16H2,1-4H3,(H2,24,25,26). The minimum Gasteiger partial charge on any atom is -0.357 e. The Labute approximate surface area is 184 Å². The number of rotatable bonds is 9. The summed E-state index contributed by atoms with van der Waals surface area (Å²) in [6.45, 7) is 3.79. The van der Waals surface area contributed by atoms with Crippen LogP contribution in [0.1, 0.15) is 28.4 Å². The fourth-order valence-corrected chi connectivity index (χ4v) is 3.58. The minimum absolute atomic E-state index is 0.0155. The van der Waals surface area contributed by atoms with E-state index >= 15 is 0 Å². The molecule has 9 heteroatoms. The summed E-state index contributed by atoms with van der Waals surface area (Å²) >= 11 is 0. The van der Waals surface area contributed by atoms with E-state index in [1.165, 1.54) is 7.05 Å². The van der Waals surface area contributed by atoms with Gasteiger partial charge < -0.3 is 15.5 Å². The van der Waals surface area contributed by atoms with Crippen molar-refractivity contribution in [3.8, 4) is 0 Å². The molecule has 0 aromatic heterocycles. The summed E-state index contributed by atoms with van der Waals surface area (Å²) in [5, 5.41) is 6.49. The van der Waals surface area contributed by atoms with Gasteiger partial charge in [-0.05, 0) is 55.8 Å². The molecule has 168 valence electrons. The Morgan fingerprint density at radius 2 is 1.74 bits per heavy atom. The summed E-state index contributed by atoms with van der Waals surface area (Å²) in [5.41, 5.74) is 2.64. The topological polar surface area (TPSA) is 103 Å². The highest BCUT2D eigenvalue weighted by molar-refractivity contribution is 7.89. The highest BCUT2D eigenvalue weighted by Gasteiger charge is 2.10. The summed E-state index contributed by atoms with van der Waals surface area (Å²) in [4.78, 5) is 18.5. The van der Waals surface area contributed by atoms with Crippen molar-refractivity contribution < 1.29 is 13.2 Å². The predicted molar refractivity (Wildman–Crippen MR) is 124 cm³/mol. The van der Waals surface area contributed by atoms with E-state index in [1.807, 2.05) is 31.2 Å². The summed E-state index contributed by atoms with van der Waals surface area (Å²) < 4.78 is 25.9. The maximum atomic E-state index is 12.1. The Morgan fingerprint density at radius 1 is 1.03 bits per heavy atom. The number of hydrogen-bond donors (Lipinski definition) is 3. The van der Waals surface area contributed by atoms with Gasteiger partial charge in [-0.15, -0.1) is 0 Å². The van der Waals surface area contributed by atoms with Crippen LogP contribution in [0.2, 0.25) is 0 Å². The second-order valence-corrected chi connectivity index (χ2v) is 9.01. The van der Waals surface area contributed by atoms with Crippen molar-refractivity contribution in [3.05, 3.63) is 65.2 Å².